The van der Waals surface area contributed by atoms with Gasteiger partial charge in [-0.3, -0.25) is 4.79 Å². The fourth-order valence-electron chi connectivity index (χ4n) is 1.38. The van der Waals surface area contributed by atoms with Crippen LogP contribution in [0.25, 0.3) is 0 Å². The first-order chi connectivity index (χ1) is 7.31. The summed E-state index contributed by atoms with van der Waals surface area (Å²) in [5.74, 6) is 0.600. The maximum absolute atomic E-state index is 10.4. The molecule has 0 amide bonds. The minimum atomic E-state index is -0.820. The number of rotatable bonds is 3. The molecule has 2 rings (SSSR count). The van der Waals surface area contributed by atoms with Gasteiger partial charge < -0.3 is 9.52 Å². The molecule has 0 spiro atoms. The van der Waals surface area contributed by atoms with Crippen LogP contribution in [0.3, 0.4) is 0 Å². The van der Waals surface area contributed by atoms with Gasteiger partial charge in [-0.15, -0.1) is 0 Å². The van der Waals surface area contributed by atoms with Crippen LogP contribution in [0.4, 0.5) is 0 Å². The van der Waals surface area contributed by atoms with E-state index in [4.69, 9.17) is 4.42 Å². The molecule has 0 aliphatic rings. The van der Waals surface area contributed by atoms with E-state index in [0.717, 1.165) is 5.56 Å². The van der Waals surface area contributed by atoms with Gasteiger partial charge in [0.15, 0.2) is 12.0 Å². The van der Waals surface area contributed by atoms with E-state index < -0.39 is 6.10 Å². The van der Waals surface area contributed by atoms with Gasteiger partial charge in [-0.1, -0.05) is 30.3 Å². The zero-order chi connectivity index (χ0) is 10.7. The number of hydrogen-bond acceptors (Lipinski definition) is 3. The lowest BCUT2D eigenvalue weighted by molar-refractivity contribution is 0.109. The Kier molecular flexibility index (Phi) is 2.65. The average molecular weight is 202 g/mol. The molecule has 0 aliphatic heterocycles. The van der Waals surface area contributed by atoms with Crippen molar-refractivity contribution in [2.45, 2.75) is 6.10 Å². The Morgan fingerprint density at radius 2 is 1.87 bits per heavy atom. The van der Waals surface area contributed by atoms with Crippen molar-refractivity contribution in [3.05, 3.63) is 59.5 Å². The number of hydrogen-bond donors (Lipinski definition) is 1. The van der Waals surface area contributed by atoms with Crippen LogP contribution in [0, 0.1) is 0 Å². The van der Waals surface area contributed by atoms with Crippen molar-refractivity contribution in [1.82, 2.24) is 0 Å². The van der Waals surface area contributed by atoms with E-state index in [2.05, 4.69) is 0 Å². The smallest absolute Gasteiger partial charge is 0.185 e. The fraction of sp³-hybridized carbons (Fsp3) is 0.0833. The average Bonchev–Trinajstić information content (AvgIpc) is 2.78. The Morgan fingerprint density at radius 1 is 1.13 bits per heavy atom. The highest BCUT2D eigenvalue weighted by atomic mass is 16.4. The number of carbonyl (C=O) groups excluding carboxylic acids is 1. The van der Waals surface area contributed by atoms with Crippen LogP contribution in [0.2, 0.25) is 0 Å². The molecule has 1 unspecified atom stereocenters. The molecule has 3 heteroatoms. The summed E-state index contributed by atoms with van der Waals surface area (Å²) < 4.78 is 5.13. The number of aliphatic hydroxyl groups is 1. The zero-order valence-corrected chi connectivity index (χ0v) is 7.96. The number of aliphatic hydroxyl groups excluding tert-OH is 1. The highest BCUT2D eigenvalue weighted by Crippen LogP contribution is 2.22. The lowest BCUT2D eigenvalue weighted by Gasteiger charge is -2.06. The SMILES string of the molecule is O=Cc1ccc(C(O)c2ccccc2)o1. The molecule has 1 atom stereocenters. The van der Waals surface area contributed by atoms with Crippen LogP contribution in [-0.2, 0) is 0 Å². The van der Waals surface area contributed by atoms with Crippen molar-refractivity contribution in [3.63, 3.8) is 0 Å². The molecule has 0 saturated carbocycles. The summed E-state index contributed by atoms with van der Waals surface area (Å²) in [7, 11) is 0. The first-order valence-corrected chi connectivity index (χ1v) is 4.59. The third-order valence-corrected chi connectivity index (χ3v) is 2.15. The summed E-state index contributed by atoms with van der Waals surface area (Å²) in [6, 6.07) is 12.3. The van der Waals surface area contributed by atoms with Crippen molar-refractivity contribution in [1.29, 1.82) is 0 Å². The minimum absolute atomic E-state index is 0.222. The van der Waals surface area contributed by atoms with Crippen LogP contribution >= 0.6 is 0 Å². The number of furan rings is 1. The van der Waals surface area contributed by atoms with Gasteiger partial charge >= 0.3 is 0 Å². The third kappa shape index (κ3) is 1.97. The molecular formula is C12H10O3. The van der Waals surface area contributed by atoms with E-state index in [1.807, 2.05) is 18.2 Å². The van der Waals surface area contributed by atoms with Crippen LogP contribution in [0.15, 0.2) is 46.9 Å². The molecule has 1 heterocycles. The number of benzene rings is 1. The quantitative estimate of drug-likeness (QED) is 0.776. The van der Waals surface area contributed by atoms with Crippen molar-refractivity contribution >= 4 is 6.29 Å². The molecule has 1 N–H and O–H groups in total. The second-order valence-electron chi connectivity index (χ2n) is 3.17. The van der Waals surface area contributed by atoms with Gasteiger partial charge in [-0.2, -0.15) is 0 Å². The Balaban J connectivity index is 2.28. The van der Waals surface area contributed by atoms with Gasteiger partial charge in [-0.05, 0) is 17.7 Å². The summed E-state index contributed by atoms with van der Waals surface area (Å²) in [4.78, 5) is 10.4. The largest absolute Gasteiger partial charge is 0.455 e. The normalized spacial score (nSPS) is 12.3. The van der Waals surface area contributed by atoms with E-state index in [9.17, 15) is 9.90 Å². The molecule has 1 aromatic heterocycles. The lowest BCUT2D eigenvalue weighted by Crippen LogP contribution is -1.97. The van der Waals surface area contributed by atoms with Crippen molar-refractivity contribution in [3.8, 4) is 0 Å². The molecule has 15 heavy (non-hydrogen) atoms. The standard InChI is InChI=1S/C12H10O3/c13-8-10-6-7-11(15-10)12(14)9-4-2-1-3-5-9/h1-8,12,14H. The summed E-state index contributed by atoms with van der Waals surface area (Å²) >= 11 is 0. The van der Waals surface area contributed by atoms with Crippen molar-refractivity contribution in [2.24, 2.45) is 0 Å². The molecule has 0 saturated heterocycles. The van der Waals surface area contributed by atoms with Gasteiger partial charge in [-0.25, -0.2) is 0 Å². The van der Waals surface area contributed by atoms with E-state index in [0.29, 0.717) is 12.0 Å². The van der Waals surface area contributed by atoms with Gasteiger partial charge in [0.25, 0.3) is 0 Å². The Labute approximate surface area is 87.0 Å². The topological polar surface area (TPSA) is 50.4 Å². The molecule has 0 radical (unpaired) electrons. The summed E-state index contributed by atoms with van der Waals surface area (Å²) in [6.45, 7) is 0. The Hall–Kier alpha value is -1.87. The lowest BCUT2D eigenvalue weighted by atomic mass is 10.1. The summed E-state index contributed by atoms with van der Waals surface area (Å²) in [5.41, 5.74) is 0.740. The van der Waals surface area contributed by atoms with Crippen LogP contribution in [0.1, 0.15) is 28.0 Å². The molecule has 0 bridgehead atoms. The zero-order valence-electron chi connectivity index (χ0n) is 7.96. The molecule has 76 valence electrons. The second kappa shape index (κ2) is 4.11. The first-order valence-electron chi connectivity index (χ1n) is 4.59. The Bertz CT molecular complexity index is 445. The van der Waals surface area contributed by atoms with Gasteiger partial charge in [0.1, 0.15) is 11.9 Å². The van der Waals surface area contributed by atoms with Gasteiger partial charge in [0.05, 0.1) is 0 Å². The Morgan fingerprint density at radius 3 is 2.47 bits per heavy atom. The highest BCUT2D eigenvalue weighted by Gasteiger charge is 2.13. The van der Waals surface area contributed by atoms with Gasteiger partial charge in [0, 0.05) is 0 Å². The van der Waals surface area contributed by atoms with Crippen molar-refractivity contribution in [2.75, 3.05) is 0 Å². The van der Waals surface area contributed by atoms with E-state index in [-0.39, 0.29) is 5.76 Å². The maximum atomic E-state index is 10.4. The van der Waals surface area contributed by atoms with E-state index >= 15 is 0 Å². The van der Waals surface area contributed by atoms with Crippen molar-refractivity contribution < 1.29 is 14.3 Å². The van der Waals surface area contributed by atoms with Crippen LogP contribution in [-0.4, -0.2) is 11.4 Å². The highest BCUT2D eigenvalue weighted by molar-refractivity contribution is 5.70. The predicted octanol–water partition coefficient (Wildman–Crippen LogP) is 2.17. The molecular weight excluding hydrogens is 192 g/mol. The van der Waals surface area contributed by atoms with E-state index in [1.165, 1.54) is 6.07 Å². The van der Waals surface area contributed by atoms with Gasteiger partial charge in [0.2, 0.25) is 0 Å². The minimum Gasteiger partial charge on any atom is -0.455 e. The summed E-state index contributed by atoms with van der Waals surface area (Å²) in [6.07, 6.45) is -0.207. The molecule has 0 fully saturated rings. The molecule has 0 aliphatic carbocycles. The second-order valence-corrected chi connectivity index (χ2v) is 3.17. The van der Waals surface area contributed by atoms with Crippen LogP contribution < -0.4 is 0 Å². The fourth-order valence-corrected chi connectivity index (χ4v) is 1.38. The molecule has 3 nitrogen and oxygen atoms in total. The molecule has 2 aromatic rings. The monoisotopic (exact) mass is 202 g/mol. The summed E-state index contributed by atoms with van der Waals surface area (Å²) in [5, 5.41) is 9.89. The first kappa shape index (κ1) is 9.68. The predicted molar refractivity (Wildman–Crippen MR) is 54.6 cm³/mol. The third-order valence-electron chi connectivity index (χ3n) is 2.15. The molecule has 1 aromatic carbocycles. The van der Waals surface area contributed by atoms with Crippen LogP contribution in [0.5, 0.6) is 0 Å². The van der Waals surface area contributed by atoms with E-state index in [1.54, 1.807) is 18.2 Å². The number of aldehydes is 1. The number of carbonyl (C=O) groups is 1. The maximum Gasteiger partial charge on any atom is 0.185 e.